The molecule has 0 atom stereocenters. The van der Waals surface area contributed by atoms with Gasteiger partial charge >= 0.3 is 0 Å². The van der Waals surface area contributed by atoms with Crippen molar-refractivity contribution >= 4 is 23.6 Å². The Morgan fingerprint density at radius 2 is 2.27 bits per heavy atom. The monoisotopic (exact) mass is 222 g/mol. The molecule has 0 aromatic heterocycles. The average Bonchev–Trinajstić information content (AvgIpc) is 2.18. The van der Waals surface area contributed by atoms with Gasteiger partial charge in [-0.05, 0) is 24.3 Å². The van der Waals surface area contributed by atoms with Crippen LogP contribution in [0.2, 0.25) is 5.02 Å². The number of nitrogens with two attached hydrogens (primary N) is 1. The van der Waals surface area contributed by atoms with Crippen molar-refractivity contribution in [2.75, 3.05) is 0 Å². The summed E-state index contributed by atoms with van der Waals surface area (Å²) in [6.45, 7) is 0. The van der Waals surface area contributed by atoms with E-state index in [1.165, 1.54) is 24.3 Å². The maximum Gasteiger partial charge on any atom is 0.259 e. The lowest BCUT2D eigenvalue weighted by Crippen LogP contribution is -2.12. The quantitative estimate of drug-likeness (QED) is 0.586. The van der Waals surface area contributed by atoms with Crippen LogP contribution in [0.15, 0.2) is 23.8 Å². The minimum atomic E-state index is -0.850. The summed E-state index contributed by atoms with van der Waals surface area (Å²) in [5.41, 5.74) is 4.97. The highest BCUT2D eigenvalue weighted by atomic mass is 35.5. The van der Waals surface area contributed by atoms with Gasteiger partial charge in [-0.25, -0.2) is 0 Å². The van der Waals surface area contributed by atoms with Crippen LogP contribution in [0.25, 0.3) is 6.08 Å². The number of phenolic OH excluding ortho intramolecular Hbond substituents is 1. The van der Waals surface area contributed by atoms with E-state index in [0.29, 0.717) is 5.02 Å². The molecular weight excluding hydrogens is 216 g/mol. The number of nitriles is 1. The number of nitrogens with zero attached hydrogens (tertiary/aromatic N) is 1. The molecule has 0 fully saturated rings. The average molecular weight is 223 g/mol. The minimum Gasteiger partial charge on any atom is -0.507 e. The lowest BCUT2D eigenvalue weighted by atomic mass is 10.1. The van der Waals surface area contributed by atoms with Crippen LogP contribution in [-0.2, 0) is 4.79 Å². The van der Waals surface area contributed by atoms with Gasteiger partial charge in [-0.3, -0.25) is 4.79 Å². The normalized spacial score (nSPS) is 10.8. The van der Waals surface area contributed by atoms with Crippen LogP contribution in [0.3, 0.4) is 0 Å². The van der Waals surface area contributed by atoms with Crippen molar-refractivity contribution in [2.24, 2.45) is 5.73 Å². The van der Waals surface area contributed by atoms with E-state index in [0.717, 1.165) is 0 Å². The van der Waals surface area contributed by atoms with Crippen LogP contribution in [0.5, 0.6) is 5.75 Å². The number of amides is 1. The smallest absolute Gasteiger partial charge is 0.259 e. The second kappa shape index (κ2) is 4.49. The van der Waals surface area contributed by atoms with Crippen LogP contribution in [0.4, 0.5) is 0 Å². The Balaban J connectivity index is 3.23. The van der Waals surface area contributed by atoms with Gasteiger partial charge in [0.15, 0.2) is 0 Å². The number of carbonyl (C=O) groups is 1. The molecule has 0 aliphatic carbocycles. The second-order valence-electron chi connectivity index (χ2n) is 2.74. The summed E-state index contributed by atoms with van der Waals surface area (Å²) < 4.78 is 0. The molecular formula is C10H7ClN2O2. The largest absolute Gasteiger partial charge is 0.507 e. The fourth-order valence-corrected chi connectivity index (χ4v) is 1.14. The van der Waals surface area contributed by atoms with E-state index < -0.39 is 5.91 Å². The first-order valence-electron chi connectivity index (χ1n) is 3.94. The van der Waals surface area contributed by atoms with Gasteiger partial charge in [0, 0.05) is 10.6 Å². The summed E-state index contributed by atoms with van der Waals surface area (Å²) in [6, 6.07) is 5.91. The maximum atomic E-state index is 10.7. The van der Waals surface area contributed by atoms with Crippen molar-refractivity contribution in [1.29, 1.82) is 5.26 Å². The Morgan fingerprint density at radius 3 is 2.80 bits per heavy atom. The second-order valence-corrected chi connectivity index (χ2v) is 3.17. The number of hydrogen-bond acceptors (Lipinski definition) is 3. The molecule has 0 aliphatic rings. The first-order valence-corrected chi connectivity index (χ1v) is 4.32. The van der Waals surface area contributed by atoms with Crippen LogP contribution in [-0.4, -0.2) is 11.0 Å². The predicted octanol–water partition coefficient (Wildman–Crippen LogP) is 1.44. The summed E-state index contributed by atoms with van der Waals surface area (Å²) in [7, 11) is 0. The highest BCUT2D eigenvalue weighted by Gasteiger charge is 2.06. The summed E-state index contributed by atoms with van der Waals surface area (Å²) in [5, 5.41) is 18.4. The molecule has 3 N–H and O–H groups in total. The highest BCUT2D eigenvalue weighted by Crippen LogP contribution is 2.23. The molecule has 5 heteroatoms. The minimum absolute atomic E-state index is 0.0756. The standard InChI is InChI=1S/C10H7ClN2O2/c11-8-1-2-9(14)6(4-8)3-7(5-12)10(13)15/h1-4,14H,(H2,13,15)/b7-3-. The van der Waals surface area contributed by atoms with Gasteiger partial charge in [0.2, 0.25) is 0 Å². The SMILES string of the molecule is N#C/C(=C/c1cc(Cl)ccc1O)C(N)=O. The van der Waals surface area contributed by atoms with E-state index in [4.69, 9.17) is 22.6 Å². The molecule has 76 valence electrons. The van der Waals surface area contributed by atoms with E-state index in [9.17, 15) is 9.90 Å². The Morgan fingerprint density at radius 1 is 1.60 bits per heavy atom. The molecule has 0 heterocycles. The summed E-state index contributed by atoms with van der Waals surface area (Å²) in [5.74, 6) is -0.926. The fourth-order valence-electron chi connectivity index (χ4n) is 0.955. The van der Waals surface area contributed by atoms with E-state index in [-0.39, 0.29) is 16.9 Å². The number of halogens is 1. The van der Waals surface area contributed by atoms with Gasteiger partial charge in [-0.1, -0.05) is 11.6 Å². The topological polar surface area (TPSA) is 87.1 Å². The molecule has 0 aliphatic heterocycles. The third-order valence-corrected chi connectivity index (χ3v) is 1.91. The Labute approximate surface area is 91.2 Å². The number of rotatable bonds is 2. The number of primary amides is 1. The molecule has 0 saturated heterocycles. The van der Waals surface area contributed by atoms with E-state index >= 15 is 0 Å². The molecule has 1 aromatic carbocycles. The van der Waals surface area contributed by atoms with Crippen molar-refractivity contribution in [3.8, 4) is 11.8 Å². The van der Waals surface area contributed by atoms with Crippen molar-refractivity contribution in [3.05, 3.63) is 34.4 Å². The summed E-state index contributed by atoms with van der Waals surface area (Å²) >= 11 is 5.68. The third kappa shape index (κ3) is 2.73. The molecule has 0 bridgehead atoms. The van der Waals surface area contributed by atoms with Crippen molar-refractivity contribution < 1.29 is 9.90 Å². The van der Waals surface area contributed by atoms with Crippen LogP contribution in [0, 0.1) is 11.3 Å². The zero-order chi connectivity index (χ0) is 11.4. The van der Waals surface area contributed by atoms with Gasteiger partial charge in [-0.15, -0.1) is 0 Å². The molecule has 1 aromatic rings. The van der Waals surface area contributed by atoms with Gasteiger partial charge in [-0.2, -0.15) is 5.26 Å². The van der Waals surface area contributed by atoms with Gasteiger partial charge in [0.05, 0.1) is 0 Å². The fraction of sp³-hybridized carbons (Fsp3) is 0. The number of benzene rings is 1. The van der Waals surface area contributed by atoms with Crippen molar-refractivity contribution in [1.82, 2.24) is 0 Å². The number of carbonyl (C=O) groups excluding carboxylic acids is 1. The van der Waals surface area contributed by atoms with Gasteiger partial charge in [0.1, 0.15) is 17.4 Å². The molecule has 4 nitrogen and oxygen atoms in total. The van der Waals surface area contributed by atoms with Crippen molar-refractivity contribution in [2.45, 2.75) is 0 Å². The molecule has 0 unspecified atom stereocenters. The third-order valence-electron chi connectivity index (χ3n) is 1.68. The van der Waals surface area contributed by atoms with E-state index in [1.807, 2.05) is 0 Å². The molecule has 1 rings (SSSR count). The van der Waals surface area contributed by atoms with E-state index in [1.54, 1.807) is 6.07 Å². The molecule has 0 spiro atoms. The maximum absolute atomic E-state index is 10.7. The zero-order valence-electron chi connectivity index (χ0n) is 7.57. The number of phenols is 1. The van der Waals surface area contributed by atoms with Crippen LogP contribution in [0.1, 0.15) is 5.56 Å². The van der Waals surface area contributed by atoms with Crippen molar-refractivity contribution in [3.63, 3.8) is 0 Å². The summed E-state index contributed by atoms with van der Waals surface area (Å²) in [6.07, 6.45) is 1.18. The molecule has 1 amide bonds. The van der Waals surface area contributed by atoms with Gasteiger partial charge < -0.3 is 10.8 Å². The lowest BCUT2D eigenvalue weighted by Gasteiger charge is -1.99. The number of aromatic hydroxyl groups is 1. The first-order chi connectivity index (χ1) is 7.04. The van der Waals surface area contributed by atoms with Gasteiger partial charge in [0.25, 0.3) is 5.91 Å². The highest BCUT2D eigenvalue weighted by molar-refractivity contribution is 6.30. The molecule has 0 radical (unpaired) electrons. The number of hydrogen-bond donors (Lipinski definition) is 2. The Kier molecular flexibility index (Phi) is 3.32. The van der Waals surface area contributed by atoms with Crippen LogP contribution >= 0.6 is 11.6 Å². The zero-order valence-corrected chi connectivity index (χ0v) is 8.32. The Hall–Kier alpha value is -1.99. The van der Waals surface area contributed by atoms with E-state index in [2.05, 4.69) is 0 Å². The lowest BCUT2D eigenvalue weighted by molar-refractivity contribution is -0.114. The predicted molar refractivity (Wildman–Crippen MR) is 55.9 cm³/mol. The Bertz CT molecular complexity index is 475. The molecule has 0 saturated carbocycles. The molecule has 15 heavy (non-hydrogen) atoms. The first kappa shape index (κ1) is 11.1. The summed E-state index contributed by atoms with van der Waals surface area (Å²) in [4.78, 5) is 10.7. The van der Waals surface area contributed by atoms with Crippen LogP contribution < -0.4 is 5.73 Å².